The molecular formula is C9H7N3O3. The van der Waals surface area contributed by atoms with Crippen LogP contribution >= 0.6 is 0 Å². The minimum absolute atomic E-state index is 0.239. The second kappa shape index (κ2) is 3.41. The third-order valence-corrected chi connectivity index (χ3v) is 1.96. The van der Waals surface area contributed by atoms with Crippen LogP contribution < -0.4 is 5.32 Å². The van der Waals surface area contributed by atoms with Crippen molar-refractivity contribution in [2.24, 2.45) is 0 Å². The largest absolute Gasteiger partial charge is 0.463 e. The van der Waals surface area contributed by atoms with Gasteiger partial charge in [-0.25, -0.2) is 4.79 Å². The van der Waals surface area contributed by atoms with Gasteiger partial charge in [0, 0.05) is 5.39 Å². The van der Waals surface area contributed by atoms with Crippen LogP contribution in [0.25, 0.3) is 10.9 Å². The van der Waals surface area contributed by atoms with Gasteiger partial charge >= 0.3 is 6.09 Å². The van der Waals surface area contributed by atoms with E-state index in [4.69, 9.17) is 5.11 Å². The Hall–Kier alpha value is -2.37. The molecule has 0 fully saturated rings. The van der Waals surface area contributed by atoms with Crippen LogP contribution in [0.4, 0.5) is 10.6 Å². The summed E-state index contributed by atoms with van der Waals surface area (Å²) in [5, 5.41) is 15.5. The normalized spacial score (nSPS) is 10.1. The molecule has 2 rings (SSSR count). The fourth-order valence-corrected chi connectivity index (χ4v) is 1.37. The predicted molar refractivity (Wildman–Crippen MR) is 52.8 cm³/mol. The van der Waals surface area contributed by atoms with Gasteiger partial charge in [-0.1, -0.05) is 12.1 Å². The van der Waals surface area contributed by atoms with Gasteiger partial charge in [0.15, 0.2) is 5.82 Å². The maximum absolute atomic E-state index is 10.8. The predicted octanol–water partition coefficient (Wildman–Crippen LogP) is 1.13. The Kier molecular flexibility index (Phi) is 2.09. The number of anilines is 1. The van der Waals surface area contributed by atoms with Crippen LogP contribution in [0.15, 0.2) is 24.3 Å². The number of rotatable bonds is 2. The Bertz CT molecular complexity index is 532. The molecule has 1 aromatic heterocycles. The van der Waals surface area contributed by atoms with Crippen LogP contribution in [0.3, 0.4) is 0 Å². The molecule has 2 aromatic rings. The number of carboxylic acid groups (broad SMARTS) is 1. The standard InChI is InChI=1S/C9H7N3O3/c13-5-10-8-6-3-1-2-4-7(6)12(11-8)9(14)15/h1-5H,(H,14,15)(H,10,11,13). The van der Waals surface area contributed by atoms with Crippen molar-refractivity contribution < 1.29 is 14.7 Å². The lowest BCUT2D eigenvalue weighted by atomic mass is 10.2. The summed E-state index contributed by atoms with van der Waals surface area (Å²) in [4.78, 5) is 21.1. The molecule has 0 radical (unpaired) electrons. The fraction of sp³-hybridized carbons (Fsp3) is 0. The van der Waals surface area contributed by atoms with Crippen molar-refractivity contribution in [3.63, 3.8) is 0 Å². The second-order valence-corrected chi connectivity index (χ2v) is 2.82. The number of nitrogens with zero attached hydrogens (tertiary/aromatic N) is 2. The van der Waals surface area contributed by atoms with Gasteiger partial charge in [-0.3, -0.25) is 4.79 Å². The average Bonchev–Trinajstić information content (AvgIpc) is 2.59. The molecule has 0 spiro atoms. The summed E-state index contributed by atoms with van der Waals surface area (Å²) >= 11 is 0. The molecule has 0 saturated heterocycles. The van der Waals surface area contributed by atoms with Crippen LogP contribution in [0, 0.1) is 0 Å². The maximum Gasteiger partial charge on any atom is 0.432 e. The lowest BCUT2D eigenvalue weighted by Crippen LogP contribution is -2.09. The third kappa shape index (κ3) is 1.41. The molecule has 0 atom stereocenters. The smallest absolute Gasteiger partial charge is 0.432 e. The lowest BCUT2D eigenvalue weighted by Gasteiger charge is -1.92. The number of fused-ring (bicyclic) bond motifs is 1. The SMILES string of the molecule is O=CNc1nn(C(=O)O)c2ccccc12. The first-order valence-electron chi connectivity index (χ1n) is 4.15. The number of benzene rings is 1. The van der Waals surface area contributed by atoms with E-state index in [2.05, 4.69) is 10.4 Å². The number of carbonyl (C=O) groups excluding carboxylic acids is 1. The van der Waals surface area contributed by atoms with E-state index in [0.717, 1.165) is 4.68 Å². The van der Waals surface area contributed by atoms with E-state index in [1.165, 1.54) is 0 Å². The molecule has 2 N–H and O–H groups in total. The number of hydrogen-bond acceptors (Lipinski definition) is 3. The van der Waals surface area contributed by atoms with Crippen molar-refractivity contribution in [2.45, 2.75) is 0 Å². The zero-order valence-corrected chi connectivity index (χ0v) is 7.54. The molecular weight excluding hydrogens is 198 g/mol. The number of nitrogens with one attached hydrogen (secondary N) is 1. The topological polar surface area (TPSA) is 84.2 Å². The van der Waals surface area contributed by atoms with Crippen molar-refractivity contribution in [3.05, 3.63) is 24.3 Å². The monoisotopic (exact) mass is 205 g/mol. The first kappa shape index (κ1) is 9.20. The highest BCUT2D eigenvalue weighted by atomic mass is 16.4. The molecule has 0 saturated carbocycles. The molecule has 1 amide bonds. The van der Waals surface area contributed by atoms with Gasteiger partial charge < -0.3 is 10.4 Å². The molecule has 0 aliphatic carbocycles. The van der Waals surface area contributed by atoms with Crippen LogP contribution in [0.5, 0.6) is 0 Å². The van der Waals surface area contributed by atoms with E-state index in [1.807, 2.05) is 0 Å². The van der Waals surface area contributed by atoms with Crippen LogP contribution in [-0.2, 0) is 4.79 Å². The Morgan fingerprint density at radius 3 is 2.87 bits per heavy atom. The van der Waals surface area contributed by atoms with Crippen LogP contribution in [-0.4, -0.2) is 27.4 Å². The highest BCUT2D eigenvalue weighted by Gasteiger charge is 2.13. The Morgan fingerprint density at radius 1 is 1.47 bits per heavy atom. The van der Waals surface area contributed by atoms with Gasteiger partial charge in [0.2, 0.25) is 6.41 Å². The molecule has 0 bridgehead atoms. The number of carbonyl (C=O) groups is 2. The number of amides is 1. The summed E-state index contributed by atoms with van der Waals surface area (Å²) in [5.41, 5.74) is 0.439. The van der Waals surface area contributed by atoms with Crippen molar-refractivity contribution in [1.29, 1.82) is 0 Å². The Balaban J connectivity index is 2.72. The van der Waals surface area contributed by atoms with Crippen molar-refractivity contribution in [3.8, 4) is 0 Å². The minimum Gasteiger partial charge on any atom is -0.463 e. The number of aromatic nitrogens is 2. The molecule has 1 aromatic carbocycles. The summed E-state index contributed by atoms with van der Waals surface area (Å²) in [7, 11) is 0. The molecule has 15 heavy (non-hydrogen) atoms. The average molecular weight is 205 g/mol. The number of para-hydroxylation sites is 1. The van der Waals surface area contributed by atoms with E-state index < -0.39 is 6.09 Å². The highest BCUT2D eigenvalue weighted by Crippen LogP contribution is 2.21. The fourth-order valence-electron chi connectivity index (χ4n) is 1.37. The molecule has 1 heterocycles. The minimum atomic E-state index is -1.19. The van der Waals surface area contributed by atoms with E-state index in [0.29, 0.717) is 17.3 Å². The summed E-state index contributed by atoms with van der Waals surface area (Å²) in [6, 6.07) is 6.75. The van der Waals surface area contributed by atoms with Crippen LogP contribution in [0.2, 0.25) is 0 Å². The maximum atomic E-state index is 10.8. The quantitative estimate of drug-likeness (QED) is 0.720. The summed E-state index contributed by atoms with van der Waals surface area (Å²) in [6.45, 7) is 0. The van der Waals surface area contributed by atoms with Gasteiger partial charge in [0.25, 0.3) is 0 Å². The molecule has 6 nitrogen and oxygen atoms in total. The van der Waals surface area contributed by atoms with Crippen molar-refractivity contribution in [2.75, 3.05) is 5.32 Å². The molecule has 0 aliphatic heterocycles. The van der Waals surface area contributed by atoms with Gasteiger partial charge in [-0.15, -0.1) is 5.10 Å². The van der Waals surface area contributed by atoms with Gasteiger partial charge in [-0.05, 0) is 12.1 Å². The zero-order chi connectivity index (χ0) is 10.8. The Morgan fingerprint density at radius 2 is 2.20 bits per heavy atom. The van der Waals surface area contributed by atoms with E-state index in [-0.39, 0.29) is 5.82 Å². The van der Waals surface area contributed by atoms with E-state index in [9.17, 15) is 9.59 Å². The molecule has 0 aliphatic rings. The third-order valence-electron chi connectivity index (χ3n) is 1.96. The summed E-state index contributed by atoms with van der Waals surface area (Å²) in [5.74, 6) is 0.239. The Labute approximate surface area is 84.1 Å². The highest BCUT2D eigenvalue weighted by molar-refractivity contribution is 5.97. The molecule has 0 unspecified atom stereocenters. The van der Waals surface area contributed by atoms with E-state index in [1.54, 1.807) is 24.3 Å². The van der Waals surface area contributed by atoms with Gasteiger partial charge in [-0.2, -0.15) is 4.68 Å². The molecule has 76 valence electrons. The summed E-state index contributed by atoms with van der Waals surface area (Å²) < 4.78 is 0.821. The van der Waals surface area contributed by atoms with Crippen molar-refractivity contribution in [1.82, 2.24) is 9.78 Å². The number of hydrogen-bond donors (Lipinski definition) is 2. The molecule has 6 heteroatoms. The zero-order valence-electron chi connectivity index (χ0n) is 7.54. The van der Waals surface area contributed by atoms with Crippen molar-refractivity contribution >= 4 is 29.2 Å². The van der Waals surface area contributed by atoms with Crippen LogP contribution in [0.1, 0.15) is 0 Å². The van der Waals surface area contributed by atoms with Gasteiger partial charge in [0.05, 0.1) is 5.52 Å². The first-order valence-corrected chi connectivity index (χ1v) is 4.15. The first-order chi connectivity index (χ1) is 7.24. The second-order valence-electron chi connectivity index (χ2n) is 2.82. The summed E-state index contributed by atoms with van der Waals surface area (Å²) in [6.07, 6.45) is -0.730. The lowest BCUT2D eigenvalue weighted by molar-refractivity contribution is -0.105. The van der Waals surface area contributed by atoms with E-state index >= 15 is 0 Å². The van der Waals surface area contributed by atoms with Gasteiger partial charge in [0.1, 0.15) is 0 Å².